The van der Waals surface area contributed by atoms with Gasteiger partial charge >= 0.3 is 12.1 Å². The molecular formula is C32H27F3N2O5. The van der Waals surface area contributed by atoms with E-state index in [4.69, 9.17) is 4.74 Å². The highest BCUT2D eigenvalue weighted by Crippen LogP contribution is 2.61. The summed E-state index contributed by atoms with van der Waals surface area (Å²) < 4.78 is 45.1. The predicted octanol–water partition coefficient (Wildman–Crippen LogP) is 5.10. The second-order valence-corrected chi connectivity index (χ2v) is 11.2. The molecule has 1 saturated heterocycles. The fourth-order valence-corrected chi connectivity index (χ4v) is 6.90. The molecule has 7 nitrogen and oxygen atoms in total. The smallest absolute Gasteiger partial charge is 0.418 e. The van der Waals surface area contributed by atoms with Crippen molar-refractivity contribution in [3.8, 4) is 0 Å². The number of hydrogen-bond donors (Lipinski definition) is 1. The maximum Gasteiger partial charge on any atom is 0.418 e. The van der Waals surface area contributed by atoms with E-state index in [-0.39, 0.29) is 11.8 Å². The van der Waals surface area contributed by atoms with Crippen LogP contribution in [0.2, 0.25) is 0 Å². The zero-order chi connectivity index (χ0) is 29.9. The van der Waals surface area contributed by atoms with Crippen molar-refractivity contribution in [1.29, 1.82) is 0 Å². The summed E-state index contributed by atoms with van der Waals surface area (Å²) in [5.74, 6) is -5.54. The molecule has 42 heavy (non-hydrogen) atoms. The summed E-state index contributed by atoms with van der Waals surface area (Å²) in [5, 5.41) is 2.12. The van der Waals surface area contributed by atoms with Gasteiger partial charge in [0.05, 0.1) is 23.1 Å². The number of esters is 1. The number of carbonyl (C=O) groups excluding carboxylic acids is 4. The van der Waals surface area contributed by atoms with Crippen LogP contribution in [0.15, 0.2) is 72.8 Å². The molecule has 3 aliphatic carbocycles. The number of benzene rings is 3. The van der Waals surface area contributed by atoms with E-state index in [1.54, 1.807) is 13.8 Å². The fraction of sp³-hybridized carbons (Fsp3) is 0.312. The Morgan fingerprint density at radius 1 is 0.810 bits per heavy atom. The van der Waals surface area contributed by atoms with Crippen LogP contribution in [0, 0.1) is 17.8 Å². The Morgan fingerprint density at radius 2 is 1.26 bits per heavy atom. The van der Waals surface area contributed by atoms with E-state index in [2.05, 4.69) is 5.32 Å². The summed E-state index contributed by atoms with van der Waals surface area (Å²) in [5.41, 5.74) is 2.44. The van der Waals surface area contributed by atoms with Crippen LogP contribution < -0.4 is 5.32 Å². The highest BCUT2D eigenvalue weighted by atomic mass is 19.4. The molecule has 0 unspecified atom stereocenters. The minimum atomic E-state index is -4.70. The number of rotatable bonds is 6. The van der Waals surface area contributed by atoms with Crippen LogP contribution in [0.3, 0.4) is 0 Å². The summed E-state index contributed by atoms with van der Waals surface area (Å²) in [6.07, 6.45) is -4.70. The van der Waals surface area contributed by atoms with Crippen LogP contribution in [0.4, 0.5) is 18.9 Å². The summed E-state index contributed by atoms with van der Waals surface area (Å²) in [6, 6.07) is 18.7. The maximum atomic E-state index is 14.0. The van der Waals surface area contributed by atoms with Crippen molar-refractivity contribution < 1.29 is 37.1 Å². The summed E-state index contributed by atoms with van der Waals surface area (Å²) in [7, 11) is 0. The van der Waals surface area contributed by atoms with Crippen LogP contribution in [0.5, 0.6) is 0 Å². The van der Waals surface area contributed by atoms with Gasteiger partial charge in [-0.15, -0.1) is 0 Å². The molecule has 10 heteroatoms. The summed E-state index contributed by atoms with van der Waals surface area (Å²) in [6.45, 7) is 2.43. The van der Waals surface area contributed by atoms with Crippen molar-refractivity contribution in [2.24, 2.45) is 17.8 Å². The number of hydrogen-bond acceptors (Lipinski definition) is 5. The monoisotopic (exact) mass is 576 g/mol. The number of nitrogens with one attached hydrogen (secondary N) is 1. The Balaban J connectivity index is 1.24. The second kappa shape index (κ2) is 10.1. The van der Waals surface area contributed by atoms with Gasteiger partial charge in [0, 0.05) is 11.8 Å². The number of imide groups is 1. The van der Waals surface area contributed by atoms with Crippen LogP contribution in [-0.2, 0) is 30.1 Å². The Kier molecular flexibility index (Phi) is 6.67. The van der Waals surface area contributed by atoms with Crippen molar-refractivity contribution in [1.82, 2.24) is 4.90 Å². The average molecular weight is 577 g/mol. The number of alkyl halides is 3. The molecule has 2 bridgehead atoms. The highest BCUT2D eigenvalue weighted by molar-refractivity contribution is 6.10. The van der Waals surface area contributed by atoms with Gasteiger partial charge in [-0.2, -0.15) is 13.2 Å². The minimum Gasteiger partial charge on any atom is -0.454 e. The number of carbonyl (C=O) groups is 4. The third-order valence-corrected chi connectivity index (χ3v) is 8.49. The van der Waals surface area contributed by atoms with Crippen molar-refractivity contribution >= 4 is 29.4 Å². The molecule has 3 amide bonds. The fourth-order valence-electron chi connectivity index (χ4n) is 6.90. The molecule has 4 aliphatic rings. The number of para-hydroxylation sites is 1. The standard InChI is InChI=1S/C32H27F3N2O5/c1-16(2)28(31(41)42-15-23(38)36-22-14-8-7-13-21(22)32(33,34)35)37-29(39)26-24-17-9-3-4-10-18(17)25(27(26)30(37)40)20-12-6-5-11-19(20)24/h3-14,16,24-28H,15H2,1-2H3,(H,36,38)/t24?,25?,26-,27-,28+/m0/s1. The first-order chi connectivity index (χ1) is 20.0. The first kappa shape index (κ1) is 27.7. The van der Waals surface area contributed by atoms with Gasteiger partial charge in [0.15, 0.2) is 6.61 Å². The van der Waals surface area contributed by atoms with E-state index in [9.17, 15) is 32.3 Å². The second-order valence-electron chi connectivity index (χ2n) is 11.2. The Hall–Kier alpha value is -4.47. The molecular weight excluding hydrogens is 549 g/mol. The highest BCUT2D eigenvalue weighted by Gasteiger charge is 2.63. The van der Waals surface area contributed by atoms with E-state index in [0.29, 0.717) is 0 Å². The number of anilines is 1. The molecule has 3 aromatic rings. The average Bonchev–Trinajstić information content (AvgIpc) is 3.21. The quantitative estimate of drug-likeness (QED) is 0.326. The van der Waals surface area contributed by atoms with Crippen molar-refractivity contribution in [3.05, 3.63) is 101 Å². The van der Waals surface area contributed by atoms with E-state index in [1.165, 1.54) is 12.1 Å². The van der Waals surface area contributed by atoms with Crippen LogP contribution in [0.1, 0.15) is 53.5 Å². The van der Waals surface area contributed by atoms with Crippen molar-refractivity contribution in [2.75, 3.05) is 11.9 Å². The number of nitrogens with zero attached hydrogens (tertiary/aromatic N) is 1. The topological polar surface area (TPSA) is 92.8 Å². The predicted molar refractivity (Wildman–Crippen MR) is 145 cm³/mol. The zero-order valence-electron chi connectivity index (χ0n) is 22.7. The van der Waals surface area contributed by atoms with Gasteiger partial charge in [-0.05, 0) is 40.3 Å². The number of likely N-dealkylation sites (tertiary alicyclic amines) is 1. The first-order valence-corrected chi connectivity index (χ1v) is 13.7. The molecule has 1 heterocycles. The van der Waals surface area contributed by atoms with Gasteiger partial charge in [0.25, 0.3) is 5.91 Å². The van der Waals surface area contributed by atoms with Crippen molar-refractivity contribution in [3.63, 3.8) is 0 Å². The lowest BCUT2D eigenvalue weighted by Gasteiger charge is -2.45. The maximum absolute atomic E-state index is 14.0. The van der Waals surface area contributed by atoms with Crippen LogP contribution in [-0.4, -0.2) is 41.2 Å². The van der Waals surface area contributed by atoms with E-state index in [0.717, 1.165) is 39.3 Å². The lowest BCUT2D eigenvalue weighted by molar-refractivity contribution is -0.162. The molecule has 0 aromatic heterocycles. The largest absolute Gasteiger partial charge is 0.454 e. The Labute approximate surface area is 239 Å². The molecule has 3 atom stereocenters. The summed E-state index contributed by atoms with van der Waals surface area (Å²) >= 11 is 0. The third-order valence-electron chi connectivity index (χ3n) is 8.49. The SMILES string of the molecule is CC(C)[C@H](C(=O)OCC(=O)Nc1ccccc1C(F)(F)F)N1C(=O)[C@H]2C3c4ccccc4C(c4ccccc43)[C@@H]2C1=O. The minimum absolute atomic E-state index is 0.350. The van der Waals surface area contributed by atoms with Gasteiger partial charge in [-0.1, -0.05) is 74.5 Å². The summed E-state index contributed by atoms with van der Waals surface area (Å²) in [4.78, 5) is 54.9. The molecule has 216 valence electrons. The van der Waals surface area contributed by atoms with Crippen LogP contribution >= 0.6 is 0 Å². The zero-order valence-corrected chi connectivity index (χ0v) is 22.7. The molecule has 0 spiro atoms. The van der Waals surface area contributed by atoms with Crippen molar-refractivity contribution in [2.45, 2.75) is 37.9 Å². The molecule has 1 aliphatic heterocycles. The number of halogens is 3. The van der Waals surface area contributed by atoms with E-state index >= 15 is 0 Å². The molecule has 7 rings (SSSR count). The van der Waals surface area contributed by atoms with Gasteiger partial charge in [0.1, 0.15) is 6.04 Å². The lowest BCUT2D eigenvalue weighted by Crippen LogP contribution is -2.49. The third kappa shape index (κ3) is 4.28. The van der Waals surface area contributed by atoms with Gasteiger partial charge < -0.3 is 10.1 Å². The molecule has 0 saturated carbocycles. The lowest BCUT2D eigenvalue weighted by atomic mass is 9.55. The Bertz CT molecular complexity index is 1500. The first-order valence-electron chi connectivity index (χ1n) is 13.7. The molecule has 0 radical (unpaired) electrons. The van der Waals surface area contributed by atoms with Gasteiger partial charge in [-0.25, -0.2) is 4.79 Å². The molecule has 3 aromatic carbocycles. The molecule has 1 fully saturated rings. The van der Waals surface area contributed by atoms with Gasteiger partial charge in [0.2, 0.25) is 11.8 Å². The normalized spacial score (nSPS) is 22.9. The van der Waals surface area contributed by atoms with E-state index < -0.39 is 71.5 Å². The number of ether oxygens (including phenoxy) is 1. The molecule has 1 N–H and O–H groups in total. The van der Waals surface area contributed by atoms with Crippen LogP contribution in [0.25, 0.3) is 0 Å². The van der Waals surface area contributed by atoms with Gasteiger partial charge in [-0.3, -0.25) is 19.3 Å². The number of amides is 3. The van der Waals surface area contributed by atoms with E-state index in [1.807, 2.05) is 48.5 Å². The Morgan fingerprint density at radius 3 is 1.71 bits per heavy atom.